The zero-order chi connectivity index (χ0) is 11.9. The third kappa shape index (κ3) is 4.34. The molecule has 0 spiro atoms. The van der Waals surface area contributed by atoms with Crippen LogP contribution in [0.5, 0.6) is 0 Å². The standard InChI is InChI=1S/C14H21NOS/c1-17-14-6-4-12(5-7-14)9-15-10-13-3-2-8-16-11-13/h4-7,13,15H,2-3,8-11H2,1H3. The summed E-state index contributed by atoms with van der Waals surface area (Å²) in [7, 11) is 0. The van der Waals surface area contributed by atoms with E-state index in [1.165, 1.54) is 23.3 Å². The van der Waals surface area contributed by atoms with Crippen LogP contribution >= 0.6 is 11.8 Å². The van der Waals surface area contributed by atoms with Gasteiger partial charge in [-0.2, -0.15) is 0 Å². The predicted octanol–water partition coefficient (Wildman–Crippen LogP) is 2.92. The highest BCUT2D eigenvalue weighted by Crippen LogP contribution is 2.15. The fourth-order valence-electron chi connectivity index (χ4n) is 2.13. The molecule has 1 fully saturated rings. The second kappa shape index (κ2) is 7.04. The first-order valence-electron chi connectivity index (χ1n) is 6.30. The maximum Gasteiger partial charge on any atom is 0.0506 e. The molecule has 0 radical (unpaired) electrons. The van der Waals surface area contributed by atoms with Gasteiger partial charge >= 0.3 is 0 Å². The highest BCUT2D eigenvalue weighted by Gasteiger charge is 2.12. The number of thioether (sulfide) groups is 1. The minimum absolute atomic E-state index is 0.703. The number of rotatable bonds is 5. The molecule has 1 aromatic rings. The van der Waals surface area contributed by atoms with Crippen LogP contribution in [0, 0.1) is 5.92 Å². The van der Waals surface area contributed by atoms with Crippen molar-refractivity contribution in [1.82, 2.24) is 5.32 Å². The van der Waals surface area contributed by atoms with Gasteiger partial charge in [0.05, 0.1) is 6.61 Å². The Bertz CT molecular complexity index is 319. The summed E-state index contributed by atoms with van der Waals surface area (Å²) in [4.78, 5) is 1.33. The quantitative estimate of drug-likeness (QED) is 0.813. The Balaban J connectivity index is 1.69. The fraction of sp³-hybridized carbons (Fsp3) is 0.571. The van der Waals surface area contributed by atoms with Gasteiger partial charge in [0.25, 0.3) is 0 Å². The maximum atomic E-state index is 5.47. The molecule has 1 saturated heterocycles. The zero-order valence-electron chi connectivity index (χ0n) is 10.4. The molecule has 17 heavy (non-hydrogen) atoms. The molecule has 1 atom stereocenters. The molecule has 1 unspecified atom stereocenters. The average molecular weight is 251 g/mol. The van der Waals surface area contributed by atoms with Gasteiger partial charge in [-0.25, -0.2) is 0 Å². The van der Waals surface area contributed by atoms with Crippen molar-refractivity contribution in [2.45, 2.75) is 24.3 Å². The molecular weight excluding hydrogens is 230 g/mol. The Kier molecular flexibility index (Phi) is 5.36. The molecule has 1 heterocycles. The Morgan fingerprint density at radius 2 is 2.18 bits per heavy atom. The highest BCUT2D eigenvalue weighted by atomic mass is 32.2. The number of hydrogen-bond donors (Lipinski definition) is 1. The number of hydrogen-bond acceptors (Lipinski definition) is 3. The van der Waals surface area contributed by atoms with E-state index in [4.69, 9.17) is 4.74 Å². The van der Waals surface area contributed by atoms with Gasteiger partial charge in [0.1, 0.15) is 0 Å². The largest absolute Gasteiger partial charge is 0.381 e. The van der Waals surface area contributed by atoms with E-state index in [1.807, 2.05) is 0 Å². The molecule has 1 aromatic carbocycles. The van der Waals surface area contributed by atoms with Crippen LogP contribution in [0.25, 0.3) is 0 Å². The summed E-state index contributed by atoms with van der Waals surface area (Å²) in [5, 5.41) is 3.52. The van der Waals surface area contributed by atoms with Gasteiger partial charge in [0.2, 0.25) is 0 Å². The van der Waals surface area contributed by atoms with E-state index in [9.17, 15) is 0 Å². The van der Waals surface area contributed by atoms with Crippen LogP contribution < -0.4 is 5.32 Å². The van der Waals surface area contributed by atoms with Crippen molar-refractivity contribution in [2.24, 2.45) is 5.92 Å². The van der Waals surface area contributed by atoms with Crippen LogP contribution in [-0.2, 0) is 11.3 Å². The highest BCUT2D eigenvalue weighted by molar-refractivity contribution is 7.98. The molecule has 0 amide bonds. The van der Waals surface area contributed by atoms with E-state index in [0.29, 0.717) is 5.92 Å². The second-order valence-corrected chi connectivity index (χ2v) is 5.44. The van der Waals surface area contributed by atoms with Gasteiger partial charge in [-0.05, 0) is 42.7 Å². The third-order valence-corrected chi connectivity index (χ3v) is 3.92. The van der Waals surface area contributed by atoms with Gasteiger partial charge in [-0.15, -0.1) is 11.8 Å². The van der Waals surface area contributed by atoms with Crippen molar-refractivity contribution < 1.29 is 4.74 Å². The van der Waals surface area contributed by atoms with E-state index in [-0.39, 0.29) is 0 Å². The van der Waals surface area contributed by atoms with Crippen molar-refractivity contribution in [3.05, 3.63) is 29.8 Å². The molecule has 0 bridgehead atoms. The zero-order valence-corrected chi connectivity index (χ0v) is 11.3. The number of benzene rings is 1. The number of nitrogens with one attached hydrogen (secondary N) is 1. The van der Waals surface area contributed by atoms with Gasteiger partial charge < -0.3 is 10.1 Å². The predicted molar refractivity (Wildman–Crippen MR) is 73.5 cm³/mol. The van der Waals surface area contributed by atoms with Gasteiger partial charge in [0.15, 0.2) is 0 Å². The molecule has 94 valence electrons. The molecule has 2 rings (SSSR count). The molecule has 1 aliphatic rings. The van der Waals surface area contributed by atoms with Crippen molar-refractivity contribution >= 4 is 11.8 Å². The molecule has 0 saturated carbocycles. The van der Waals surface area contributed by atoms with Crippen LogP contribution in [0.2, 0.25) is 0 Å². The topological polar surface area (TPSA) is 21.3 Å². The normalized spacial score (nSPS) is 20.4. The van der Waals surface area contributed by atoms with Crippen molar-refractivity contribution in [3.8, 4) is 0 Å². The smallest absolute Gasteiger partial charge is 0.0506 e. The van der Waals surface area contributed by atoms with Crippen LogP contribution in [-0.4, -0.2) is 26.0 Å². The van der Waals surface area contributed by atoms with Crippen LogP contribution in [0.15, 0.2) is 29.2 Å². The molecule has 1 N–H and O–H groups in total. The molecule has 0 aliphatic carbocycles. The van der Waals surface area contributed by atoms with E-state index in [0.717, 1.165) is 26.3 Å². The average Bonchev–Trinajstić information content (AvgIpc) is 2.41. The fourth-order valence-corrected chi connectivity index (χ4v) is 2.54. The molecule has 1 aliphatic heterocycles. The molecule has 3 heteroatoms. The first-order chi connectivity index (χ1) is 8.38. The summed E-state index contributed by atoms with van der Waals surface area (Å²) in [5.41, 5.74) is 1.36. The lowest BCUT2D eigenvalue weighted by Crippen LogP contribution is -2.28. The lowest BCUT2D eigenvalue weighted by molar-refractivity contribution is 0.0547. The summed E-state index contributed by atoms with van der Waals surface area (Å²) >= 11 is 1.79. The van der Waals surface area contributed by atoms with Gasteiger partial charge in [-0.1, -0.05) is 12.1 Å². The SMILES string of the molecule is CSc1ccc(CNCC2CCCOC2)cc1. The van der Waals surface area contributed by atoms with Crippen molar-refractivity contribution in [1.29, 1.82) is 0 Å². The number of ether oxygens (including phenoxy) is 1. The first kappa shape index (κ1) is 12.9. The summed E-state index contributed by atoms with van der Waals surface area (Å²) in [5.74, 6) is 0.703. The summed E-state index contributed by atoms with van der Waals surface area (Å²) in [6.45, 7) is 3.92. The molecule has 2 nitrogen and oxygen atoms in total. The summed E-state index contributed by atoms with van der Waals surface area (Å²) in [6, 6.07) is 8.78. The van der Waals surface area contributed by atoms with Gasteiger partial charge in [0, 0.05) is 24.6 Å². The molecular formula is C14H21NOS. The van der Waals surface area contributed by atoms with Crippen molar-refractivity contribution in [2.75, 3.05) is 26.0 Å². The second-order valence-electron chi connectivity index (χ2n) is 4.56. The van der Waals surface area contributed by atoms with E-state index in [2.05, 4.69) is 35.8 Å². The van der Waals surface area contributed by atoms with Gasteiger partial charge in [-0.3, -0.25) is 0 Å². The van der Waals surface area contributed by atoms with Crippen molar-refractivity contribution in [3.63, 3.8) is 0 Å². The Morgan fingerprint density at radius 1 is 1.35 bits per heavy atom. The van der Waals surface area contributed by atoms with Crippen LogP contribution in [0.4, 0.5) is 0 Å². The lowest BCUT2D eigenvalue weighted by Gasteiger charge is -2.22. The van der Waals surface area contributed by atoms with E-state index < -0.39 is 0 Å². The minimum Gasteiger partial charge on any atom is -0.381 e. The third-order valence-electron chi connectivity index (χ3n) is 3.18. The Hall–Kier alpha value is -0.510. The summed E-state index contributed by atoms with van der Waals surface area (Å²) < 4.78 is 5.47. The van der Waals surface area contributed by atoms with Crippen LogP contribution in [0.1, 0.15) is 18.4 Å². The van der Waals surface area contributed by atoms with E-state index in [1.54, 1.807) is 11.8 Å². The Morgan fingerprint density at radius 3 is 2.82 bits per heavy atom. The lowest BCUT2D eigenvalue weighted by atomic mass is 10.0. The minimum atomic E-state index is 0.703. The summed E-state index contributed by atoms with van der Waals surface area (Å²) in [6.07, 6.45) is 4.63. The van der Waals surface area contributed by atoms with E-state index >= 15 is 0 Å². The first-order valence-corrected chi connectivity index (χ1v) is 7.52. The Labute approximate surface area is 108 Å². The monoisotopic (exact) mass is 251 g/mol. The van der Waals surface area contributed by atoms with Crippen LogP contribution in [0.3, 0.4) is 0 Å². The molecule has 0 aromatic heterocycles. The maximum absolute atomic E-state index is 5.47.